The molecule has 0 radical (unpaired) electrons. The molecule has 0 heterocycles. The molecular formula is C15H23BrFN. The van der Waals surface area contributed by atoms with Gasteiger partial charge in [0.25, 0.3) is 0 Å². The van der Waals surface area contributed by atoms with Crippen LogP contribution < -0.4 is 5.32 Å². The fourth-order valence-electron chi connectivity index (χ4n) is 1.96. The molecule has 18 heavy (non-hydrogen) atoms. The Morgan fingerprint density at radius 3 is 2.67 bits per heavy atom. The molecule has 0 aromatic heterocycles. The van der Waals surface area contributed by atoms with Crippen molar-refractivity contribution in [3.63, 3.8) is 0 Å². The molecular weight excluding hydrogens is 293 g/mol. The van der Waals surface area contributed by atoms with Gasteiger partial charge in [0.1, 0.15) is 5.82 Å². The van der Waals surface area contributed by atoms with Crippen molar-refractivity contribution in [2.24, 2.45) is 11.8 Å². The van der Waals surface area contributed by atoms with Crippen LogP contribution in [0.1, 0.15) is 32.8 Å². The van der Waals surface area contributed by atoms with E-state index in [2.05, 4.69) is 42.0 Å². The number of rotatable bonds is 7. The van der Waals surface area contributed by atoms with Gasteiger partial charge in [-0.3, -0.25) is 0 Å². The summed E-state index contributed by atoms with van der Waals surface area (Å²) in [7, 11) is 0. The van der Waals surface area contributed by atoms with Crippen LogP contribution in [-0.4, -0.2) is 13.1 Å². The van der Waals surface area contributed by atoms with Crippen molar-refractivity contribution in [1.82, 2.24) is 5.32 Å². The lowest BCUT2D eigenvalue weighted by Gasteiger charge is -2.20. The summed E-state index contributed by atoms with van der Waals surface area (Å²) in [6.07, 6.45) is 1.95. The number of nitrogens with one attached hydrogen (secondary N) is 1. The minimum Gasteiger partial charge on any atom is -0.316 e. The van der Waals surface area contributed by atoms with Crippen molar-refractivity contribution in [1.29, 1.82) is 0 Å². The van der Waals surface area contributed by atoms with E-state index in [1.54, 1.807) is 6.07 Å². The molecule has 0 aliphatic rings. The molecule has 0 amide bonds. The first-order chi connectivity index (χ1) is 8.54. The zero-order chi connectivity index (χ0) is 13.5. The van der Waals surface area contributed by atoms with E-state index >= 15 is 0 Å². The fraction of sp³-hybridized carbons (Fsp3) is 0.600. The lowest BCUT2D eigenvalue weighted by molar-refractivity contribution is 0.361. The van der Waals surface area contributed by atoms with Crippen molar-refractivity contribution in [3.05, 3.63) is 34.1 Å². The third-order valence-electron chi connectivity index (χ3n) is 3.41. The van der Waals surface area contributed by atoms with Crippen molar-refractivity contribution in [2.75, 3.05) is 13.1 Å². The van der Waals surface area contributed by atoms with Crippen LogP contribution in [0.4, 0.5) is 4.39 Å². The second-order valence-corrected chi connectivity index (χ2v) is 6.01. The third kappa shape index (κ3) is 5.07. The van der Waals surface area contributed by atoms with Gasteiger partial charge in [0, 0.05) is 4.47 Å². The van der Waals surface area contributed by atoms with Crippen molar-refractivity contribution in [3.8, 4) is 0 Å². The Labute approximate surface area is 118 Å². The highest BCUT2D eigenvalue weighted by atomic mass is 79.9. The van der Waals surface area contributed by atoms with Gasteiger partial charge in [-0.2, -0.15) is 0 Å². The Hall–Kier alpha value is -0.410. The summed E-state index contributed by atoms with van der Waals surface area (Å²) in [6, 6.07) is 5.17. The van der Waals surface area contributed by atoms with Gasteiger partial charge < -0.3 is 5.32 Å². The Balaban J connectivity index is 2.52. The van der Waals surface area contributed by atoms with Crippen LogP contribution >= 0.6 is 15.9 Å². The summed E-state index contributed by atoms with van der Waals surface area (Å²) < 4.78 is 14.6. The molecule has 1 N–H and O–H groups in total. The minimum atomic E-state index is -0.0984. The van der Waals surface area contributed by atoms with Crippen molar-refractivity contribution < 1.29 is 4.39 Å². The smallest absolute Gasteiger partial charge is 0.126 e. The number of hydrogen-bond donors (Lipinski definition) is 1. The summed E-state index contributed by atoms with van der Waals surface area (Å²) in [5.41, 5.74) is 0.805. The Morgan fingerprint density at radius 2 is 2.00 bits per heavy atom. The molecule has 1 nitrogen and oxygen atoms in total. The maximum Gasteiger partial charge on any atom is 0.126 e. The monoisotopic (exact) mass is 315 g/mol. The van der Waals surface area contributed by atoms with Crippen LogP contribution in [0.15, 0.2) is 22.7 Å². The molecule has 0 aliphatic heterocycles. The van der Waals surface area contributed by atoms with Crippen LogP contribution in [0.5, 0.6) is 0 Å². The maximum absolute atomic E-state index is 13.7. The largest absolute Gasteiger partial charge is 0.316 e. The van der Waals surface area contributed by atoms with E-state index in [0.717, 1.165) is 36.0 Å². The predicted octanol–water partition coefficient (Wildman–Crippen LogP) is 4.40. The highest BCUT2D eigenvalue weighted by Gasteiger charge is 2.14. The van der Waals surface area contributed by atoms with E-state index in [1.807, 2.05) is 6.07 Å². The molecule has 0 saturated heterocycles. The molecule has 0 saturated carbocycles. The van der Waals surface area contributed by atoms with Crippen LogP contribution in [0, 0.1) is 17.7 Å². The fourth-order valence-corrected chi connectivity index (χ4v) is 2.36. The summed E-state index contributed by atoms with van der Waals surface area (Å²) in [5, 5.41) is 3.42. The van der Waals surface area contributed by atoms with Gasteiger partial charge in [-0.1, -0.05) is 36.7 Å². The van der Waals surface area contributed by atoms with Gasteiger partial charge in [-0.25, -0.2) is 4.39 Å². The van der Waals surface area contributed by atoms with Gasteiger partial charge in [-0.15, -0.1) is 0 Å². The Kier molecular flexibility index (Phi) is 6.87. The summed E-state index contributed by atoms with van der Waals surface area (Å²) >= 11 is 3.40. The molecule has 1 aromatic carbocycles. The molecule has 2 atom stereocenters. The average molecular weight is 316 g/mol. The van der Waals surface area contributed by atoms with Gasteiger partial charge in [0.05, 0.1) is 0 Å². The van der Waals surface area contributed by atoms with Gasteiger partial charge in [0.15, 0.2) is 0 Å². The van der Waals surface area contributed by atoms with Crippen molar-refractivity contribution >= 4 is 15.9 Å². The SMILES string of the molecule is CCCNCC(C)C(C)Cc1cc(Br)ccc1F. The molecule has 1 rings (SSSR count). The van der Waals surface area contributed by atoms with E-state index in [-0.39, 0.29) is 5.82 Å². The first kappa shape index (κ1) is 15.6. The highest BCUT2D eigenvalue weighted by molar-refractivity contribution is 9.10. The maximum atomic E-state index is 13.7. The highest BCUT2D eigenvalue weighted by Crippen LogP contribution is 2.22. The van der Waals surface area contributed by atoms with Gasteiger partial charge >= 0.3 is 0 Å². The van der Waals surface area contributed by atoms with Gasteiger partial charge in [0.2, 0.25) is 0 Å². The van der Waals surface area contributed by atoms with E-state index in [4.69, 9.17) is 0 Å². The Morgan fingerprint density at radius 1 is 1.28 bits per heavy atom. The second kappa shape index (κ2) is 7.90. The average Bonchev–Trinajstić information content (AvgIpc) is 2.34. The molecule has 2 unspecified atom stereocenters. The second-order valence-electron chi connectivity index (χ2n) is 5.10. The number of halogens is 2. The summed E-state index contributed by atoms with van der Waals surface area (Å²) in [4.78, 5) is 0. The molecule has 0 spiro atoms. The van der Waals surface area contributed by atoms with E-state index in [9.17, 15) is 4.39 Å². The van der Waals surface area contributed by atoms with E-state index in [1.165, 1.54) is 6.07 Å². The summed E-state index contributed by atoms with van der Waals surface area (Å²) in [6.45, 7) is 8.65. The van der Waals surface area contributed by atoms with E-state index in [0.29, 0.717) is 11.8 Å². The minimum absolute atomic E-state index is 0.0984. The third-order valence-corrected chi connectivity index (χ3v) is 3.91. The van der Waals surface area contributed by atoms with Gasteiger partial charge in [-0.05, 0) is 61.5 Å². The number of benzene rings is 1. The zero-order valence-corrected chi connectivity index (χ0v) is 13.1. The first-order valence-electron chi connectivity index (χ1n) is 6.69. The van der Waals surface area contributed by atoms with Crippen LogP contribution in [-0.2, 0) is 6.42 Å². The summed E-state index contributed by atoms with van der Waals surface area (Å²) in [5.74, 6) is 0.923. The topological polar surface area (TPSA) is 12.0 Å². The van der Waals surface area contributed by atoms with Crippen molar-refractivity contribution in [2.45, 2.75) is 33.6 Å². The predicted molar refractivity (Wildman–Crippen MR) is 79.3 cm³/mol. The molecule has 102 valence electrons. The normalized spacial score (nSPS) is 14.5. The van der Waals surface area contributed by atoms with E-state index < -0.39 is 0 Å². The van der Waals surface area contributed by atoms with Crippen LogP contribution in [0.3, 0.4) is 0 Å². The van der Waals surface area contributed by atoms with Crippen LogP contribution in [0.2, 0.25) is 0 Å². The number of hydrogen-bond acceptors (Lipinski definition) is 1. The molecule has 0 fully saturated rings. The standard InChI is InChI=1S/C15H23BrFN/c1-4-7-18-10-12(3)11(2)8-13-9-14(16)5-6-15(13)17/h5-6,9,11-12,18H,4,7-8,10H2,1-3H3. The molecule has 0 aliphatic carbocycles. The van der Waals surface area contributed by atoms with Crippen LogP contribution in [0.25, 0.3) is 0 Å². The Bertz CT molecular complexity index is 368. The molecule has 1 aromatic rings. The lowest BCUT2D eigenvalue weighted by atomic mass is 9.89. The molecule has 0 bridgehead atoms. The zero-order valence-electron chi connectivity index (χ0n) is 11.5. The molecule has 3 heteroatoms. The first-order valence-corrected chi connectivity index (χ1v) is 7.48. The lowest BCUT2D eigenvalue weighted by Crippen LogP contribution is -2.26. The quantitative estimate of drug-likeness (QED) is 0.735.